The number of aliphatic hydroxyl groups excluding tert-OH is 1. The van der Waals surface area contributed by atoms with Gasteiger partial charge in [-0.05, 0) is 31.6 Å². The van der Waals surface area contributed by atoms with Crippen molar-refractivity contribution < 1.29 is 5.11 Å². The molecular weight excluding hydrogens is 136 g/mol. The molecule has 0 aromatic heterocycles. The maximum Gasteiger partial charge on any atom is 0.0527 e. The molecular formula is C10H16O. The Hall–Kier alpha value is -0.300. The lowest BCUT2D eigenvalue weighted by atomic mass is 9.79. The standard InChI is InChI=1S/C10H16O/c1-8-4-5-9-3-2-6-10(8,9)7-11/h9,11H,1-7H2/t9-,10-/m0/s1. The first-order valence-electron chi connectivity index (χ1n) is 4.59. The van der Waals surface area contributed by atoms with E-state index >= 15 is 0 Å². The summed E-state index contributed by atoms with van der Waals surface area (Å²) in [5, 5.41) is 9.34. The van der Waals surface area contributed by atoms with Gasteiger partial charge in [0.25, 0.3) is 0 Å². The first-order valence-corrected chi connectivity index (χ1v) is 4.59. The van der Waals surface area contributed by atoms with Crippen molar-refractivity contribution in [2.45, 2.75) is 32.1 Å². The van der Waals surface area contributed by atoms with Crippen molar-refractivity contribution in [3.63, 3.8) is 0 Å². The van der Waals surface area contributed by atoms with Crippen LogP contribution in [0.3, 0.4) is 0 Å². The molecule has 0 heterocycles. The molecule has 2 aliphatic carbocycles. The Morgan fingerprint density at radius 2 is 2.36 bits per heavy atom. The summed E-state index contributed by atoms with van der Waals surface area (Å²) in [7, 11) is 0. The molecule has 0 radical (unpaired) electrons. The molecule has 1 N–H and O–H groups in total. The Morgan fingerprint density at radius 3 is 3.00 bits per heavy atom. The minimum Gasteiger partial charge on any atom is -0.395 e. The highest BCUT2D eigenvalue weighted by Crippen LogP contribution is 2.56. The highest BCUT2D eigenvalue weighted by Gasteiger charge is 2.47. The van der Waals surface area contributed by atoms with Gasteiger partial charge in [-0.3, -0.25) is 0 Å². The van der Waals surface area contributed by atoms with Crippen LogP contribution in [0.5, 0.6) is 0 Å². The van der Waals surface area contributed by atoms with E-state index in [9.17, 15) is 5.11 Å². The van der Waals surface area contributed by atoms with Crippen molar-refractivity contribution in [2.24, 2.45) is 11.3 Å². The molecule has 0 aromatic carbocycles. The number of fused-ring (bicyclic) bond motifs is 1. The van der Waals surface area contributed by atoms with Gasteiger partial charge in [0.05, 0.1) is 6.61 Å². The van der Waals surface area contributed by atoms with Crippen molar-refractivity contribution in [3.8, 4) is 0 Å². The van der Waals surface area contributed by atoms with Crippen molar-refractivity contribution >= 4 is 0 Å². The van der Waals surface area contributed by atoms with E-state index in [4.69, 9.17) is 0 Å². The predicted octanol–water partition coefficient (Wildman–Crippen LogP) is 2.12. The molecule has 0 amide bonds. The van der Waals surface area contributed by atoms with E-state index in [2.05, 4.69) is 6.58 Å². The van der Waals surface area contributed by atoms with Crippen molar-refractivity contribution in [1.82, 2.24) is 0 Å². The maximum absolute atomic E-state index is 9.34. The maximum atomic E-state index is 9.34. The highest BCUT2D eigenvalue weighted by molar-refractivity contribution is 5.20. The van der Waals surface area contributed by atoms with Crippen LogP contribution in [0, 0.1) is 11.3 Å². The fraction of sp³-hybridized carbons (Fsp3) is 0.800. The van der Waals surface area contributed by atoms with Crippen LogP contribution in [0.15, 0.2) is 12.2 Å². The Kier molecular flexibility index (Phi) is 1.57. The summed E-state index contributed by atoms with van der Waals surface area (Å²) in [4.78, 5) is 0. The topological polar surface area (TPSA) is 20.2 Å². The van der Waals surface area contributed by atoms with Gasteiger partial charge in [0.2, 0.25) is 0 Å². The van der Waals surface area contributed by atoms with Crippen molar-refractivity contribution in [2.75, 3.05) is 6.61 Å². The number of aliphatic hydroxyl groups is 1. The smallest absolute Gasteiger partial charge is 0.0527 e. The van der Waals surface area contributed by atoms with Crippen LogP contribution in [-0.4, -0.2) is 11.7 Å². The molecule has 1 nitrogen and oxygen atoms in total. The molecule has 2 rings (SSSR count). The number of rotatable bonds is 1. The van der Waals surface area contributed by atoms with Crippen LogP contribution in [0.4, 0.5) is 0 Å². The fourth-order valence-corrected chi connectivity index (χ4v) is 2.95. The van der Waals surface area contributed by atoms with E-state index in [1.807, 2.05) is 0 Å². The van der Waals surface area contributed by atoms with Gasteiger partial charge in [-0.1, -0.05) is 18.6 Å². The molecule has 0 bridgehead atoms. The van der Waals surface area contributed by atoms with Gasteiger partial charge in [0, 0.05) is 5.41 Å². The molecule has 0 aliphatic heterocycles. The number of hydrogen-bond acceptors (Lipinski definition) is 1. The normalized spacial score (nSPS) is 43.0. The minimum absolute atomic E-state index is 0.167. The van der Waals surface area contributed by atoms with Crippen LogP contribution in [0.2, 0.25) is 0 Å². The first kappa shape index (κ1) is 7.35. The Bertz CT molecular complexity index is 185. The van der Waals surface area contributed by atoms with E-state index in [0.29, 0.717) is 6.61 Å². The van der Waals surface area contributed by atoms with E-state index in [1.54, 1.807) is 0 Å². The lowest BCUT2D eigenvalue weighted by Crippen LogP contribution is -2.25. The summed E-state index contributed by atoms with van der Waals surface area (Å²) < 4.78 is 0. The average molecular weight is 152 g/mol. The number of hydrogen-bond donors (Lipinski definition) is 1. The third kappa shape index (κ3) is 0.807. The summed E-state index contributed by atoms with van der Waals surface area (Å²) in [6.45, 7) is 4.42. The second kappa shape index (κ2) is 2.34. The Labute approximate surface area is 68.1 Å². The zero-order chi connectivity index (χ0) is 7.90. The van der Waals surface area contributed by atoms with Crippen LogP contribution in [-0.2, 0) is 0 Å². The highest BCUT2D eigenvalue weighted by atomic mass is 16.3. The van der Waals surface area contributed by atoms with Gasteiger partial charge in [-0.2, -0.15) is 0 Å². The SMILES string of the molecule is C=C1CC[C@@H]2CCC[C@]12CO. The predicted molar refractivity (Wildman–Crippen MR) is 45.2 cm³/mol. The monoisotopic (exact) mass is 152 g/mol. The summed E-state index contributed by atoms with van der Waals surface area (Å²) in [6, 6.07) is 0. The van der Waals surface area contributed by atoms with Gasteiger partial charge in [0.15, 0.2) is 0 Å². The Balaban J connectivity index is 2.29. The molecule has 0 spiro atoms. The molecule has 11 heavy (non-hydrogen) atoms. The zero-order valence-corrected chi connectivity index (χ0v) is 6.97. The summed E-state index contributed by atoms with van der Waals surface area (Å²) in [5.41, 5.74) is 1.49. The first-order chi connectivity index (χ1) is 5.29. The van der Waals surface area contributed by atoms with E-state index in [-0.39, 0.29) is 5.41 Å². The quantitative estimate of drug-likeness (QED) is 0.570. The van der Waals surface area contributed by atoms with E-state index in [1.165, 1.54) is 31.3 Å². The van der Waals surface area contributed by atoms with Gasteiger partial charge >= 0.3 is 0 Å². The average Bonchev–Trinajstić information content (AvgIpc) is 2.53. The fourth-order valence-electron chi connectivity index (χ4n) is 2.95. The lowest BCUT2D eigenvalue weighted by Gasteiger charge is -2.27. The molecule has 0 aromatic rings. The third-order valence-corrected chi connectivity index (χ3v) is 3.74. The van der Waals surface area contributed by atoms with Crippen LogP contribution in [0.25, 0.3) is 0 Å². The van der Waals surface area contributed by atoms with Crippen LogP contribution >= 0.6 is 0 Å². The summed E-state index contributed by atoms with van der Waals surface area (Å²) >= 11 is 0. The second-order valence-corrected chi connectivity index (χ2v) is 4.05. The molecule has 2 fully saturated rings. The van der Waals surface area contributed by atoms with Crippen LogP contribution < -0.4 is 0 Å². The summed E-state index contributed by atoms with van der Waals surface area (Å²) in [6.07, 6.45) is 6.24. The zero-order valence-electron chi connectivity index (χ0n) is 6.97. The van der Waals surface area contributed by atoms with Crippen molar-refractivity contribution in [3.05, 3.63) is 12.2 Å². The third-order valence-electron chi connectivity index (χ3n) is 3.74. The molecule has 0 saturated heterocycles. The largest absolute Gasteiger partial charge is 0.395 e. The molecule has 2 saturated carbocycles. The van der Waals surface area contributed by atoms with Gasteiger partial charge in [0.1, 0.15) is 0 Å². The van der Waals surface area contributed by atoms with Gasteiger partial charge in [-0.25, -0.2) is 0 Å². The molecule has 1 heteroatoms. The summed E-state index contributed by atoms with van der Waals surface area (Å²) in [5.74, 6) is 0.764. The second-order valence-electron chi connectivity index (χ2n) is 4.05. The van der Waals surface area contributed by atoms with E-state index < -0.39 is 0 Å². The molecule has 0 unspecified atom stereocenters. The van der Waals surface area contributed by atoms with Crippen molar-refractivity contribution in [1.29, 1.82) is 0 Å². The molecule has 2 atom stereocenters. The molecule has 62 valence electrons. The van der Waals surface area contributed by atoms with Gasteiger partial charge < -0.3 is 5.11 Å². The van der Waals surface area contributed by atoms with Crippen LogP contribution in [0.1, 0.15) is 32.1 Å². The Morgan fingerprint density at radius 1 is 1.55 bits per heavy atom. The van der Waals surface area contributed by atoms with E-state index in [0.717, 1.165) is 12.3 Å². The lowest BCUT2D eigenvalue weighted by molar-refractivity contribution is 0.138. The van der Waals surface area contributed by atoms with Gasteiger partial charge in [-0.15, -0.1) is 0 Å². The molecule has 2 aliphatic rings. The minimum atomic E-state index is 0.167.